The predicted octanol–water partition coefficient (Wildman–Crippen LogP) is 4.54. The lowest BCUT2D eigenvalue weighted by Gasteiger charge is -2.19. The van der Waals surface area contributed by atoms with Crippen LogP contribution in [0.2, 0.25) is 0 Å². The van der Waals surface area contributed by atoms with Gasteiger partial charge in [0.1, 0.15) is 11.9 Å². The van der Waals surface area contributed by atoms with Crippen LogP contribution in [0.3, 0.4) is 0 Å². The molecule has 0 aliphatic rings. The van der Waals surface area contributed by atoms with E-state index in [2.05, 4.69) is 16.8 Å². The maximum absolute atomic E-state index is 12.5. The van der Waals surface area contributed by atoms with E-state index >= 15 is 0 Å². The molecule has 1 amide bonds. The summed E-state index contributed by atoms with van der Waals surface area (Å²) < 4.78 is 10.9. The van der Waals surface area contributed by atoms with Gasteiger partial charge in [0.2, 0.25) is 0 Å². The van der Waals surface area contributed by atoms with Gasteiger partial charge in [-0.3, -0.25) is 4.79 Å². The van der Waals surface area contributed by atoms with E-state index in [1.165, 1.54) is 0 Å². The summed E-state index contributed by atoms with van der Waals surface area (Å²) in [5.41, 5.74) is 3.80. The van der Waals surface area contributed by atoms with Crippen molar-refractivity contribution < 1.29 is 14.3 Å². The summed E-state index contributed by atoms with van der Waals surface area (Å²) in [7, 11) is 3.25. The fourth-order valence-corrected chi connectivity index (χ4v) is 3.45. The molecule has 1 unspecified atom stereocenters. The number of carbonyl (C=O) groups is 1. The van der Waals surface area contributed by atoms with E-state index in [1.807, 2.05) is 53.9 Å². The zero-order valence-corrected chi connectivity index (χ0v) is 15.6. The molecular weight excluding hydrogens is 346 g/mol. The number of para-hydroxylation sites is 1. The Morgan fingerprint density at radius 3 is 2.46 bits per heavy atom. The summed E-state index contributed by atoms with van der Waals surface area (Å²) >= 11 is 1.66. The Bertz CT molecular complexity index is 844. The van der Waals surface area contributed by atoms with Gasteiger partial charge >= 0.3 is 0 Å². The highest BCUT2D eigenvalue weighted by atomic mass is 32.1. The van der Waals surface area contributed by atoms with Gasteiger partial charge in [-0.25, -0.2) is 0 Å². The summed E-state index contributed by atoms with van der Waals surface area (Å²) in [5, 5.41) is 7.07. The summed E-state index contributed by atoms with van der Waals surface area (Å²) in [4.78, 5) is 12.5. The molecule has 0 bridgehead atoms. The first-order valence-corrected chi connectivity index (χ1v) is 9.23. The number of benzene rings is 2. The number of hydrogen-bond acceptors (Lipinski definition) is 4. The van der Waals surface area contributed by atoms with Crippen LogP contribution in [0.15, 0.2) is 65.4 Å². The Hall–Kier alpha value is -2.63. The zero-order valence-electron chi connectivity index (χ0n) is 14.8. The third-order valence-electron chi connectivity index (χ3n) is 4.22. The van der Waals surface area contributed by atoms with E-state index in [0.29, 0.717) is 12.1 Å². The molecule has 0 spiro atoms. The molecule has 0 saturated carbocycles. The van der Waals surface area contributed by atoms with Crippen LogP contribution in [0.25, 0.3) is 11.1 Å². The minimum absolute atomic E-state index is 0.126. The lowest BCUT2D eigenvalue weighted by Crippen LogP contribution is -2.29. The van der Waals surface area contributed by atoms with Gasteiger partial charge < -0.3 is 14.8 Å². The zero-order chi connectivity index (χ0) is 18.4. The van der Waals surface area contributed by atoms with Crippen molar-refractivity contribution in [3.8, 4) is 16.9 Å². The van der Waals surface area contributed by atoms with E-state index in [4.69, 9.17) is 9.47 Å². The molecule has 0 radical (unpaired) electrons. The molecule has 1 aromatic heterocycles. The van der Waals surface area contributed by atoms with Gasteiger partial charge in [0, 0.05) is 24.8 Å². The normalized spacial score (nSPS) is 11.8. The number of thiophene rings is 1. The summed E-state index contributed by atoms with van der Waals surface area (Å²) in [6.45, 7) is 0.363. The van der Waals surface area contributed by atoms with Crippen molar-refractivity contribution in [2.24, 2.45) is 0 Å². The second-order valence-corrected chi connectivity index (χ2v) is 6.55. The second kappa shape index (κ2) is 8.65. The van der Waals surface area contributed by atoms with Gasteiger partial charge in [-0.2, -0.15) is 11.3 Å². The molecule has 134 valence electrons. The maximum Gasteiger partial charge on any atom is 0.251 e. The van der Waals surface area contributed by atoms with Crippen LogP contribution in [-0.2, 0) is 4.74 Å². The number of hydrogen-bond donors (Lipinski definition) is 1. The van der Waals surface area contributed by atoms with E-state index in [0.717, 1.165) is 22.4 Å². The highest BCUT2D eigenvalue weighted by molar-refractivity contribution is 7.08. The van der Waals surface area contributed by atoms with Gasteiger partial charge in [-0.05, 0) is 46.2 Å². The standard InChI is InChI=1S/C21H21NO3S/c1-24-19-6-4-3-5-18(19)20(25-2)13-22-21(23)16-9-7-15(8-10-16)17-11-12-26-14-17/h3-12,14,20H,13H2,1-2H3,(H,22,23). The molecule has 3 rings (SSSR count). The third-order valence-corrected chi connectivity index (χ3v) is 4.90. The Morgan fingerprint density at radius 2 is 1.81 bits per heavy atom. The van der Waals surface area contributed by atoms with Crippen molar-refractivity contribution in [2.45, 2.75) is 6.10 Å². The van der Waals surface area contributed by atoms with Crippen molar-refractivity contribution in [3.05, 3.63) is 76.5 Å². The molecule has 2 aromatic carbocycles. The minimum Gasteiger partial charge on any atom is -0.496 e. The molecule has 0 aliphatic carbocycles. The van der Waals surface area contributed by atoms with Crippen molar-refractivity contribution in [2.75, 3.05) is 20.8 Å². The first-order valence-electron chi connectivity index (χ1n) is 8.29. The van der Waals surface area contributed by atoms with E-state index in [1.54, 1.807) is 25.6 Å². The van der Waals surface area contributed by atoms with Crippen LogP contribution < -0.4 is 10.1 Å². The number of ether oxygens (including phenoxy) is 2. The molecule has 5 heteroatoms. The third kappa shape index (κ3) is 4.12. The van der Waals surface area contributed by atoms with Crippen LogP contribution in [0, 0.1) is 0 Å². The van der Waals surface area contributed by atoms with Gasteiger partial charge in [0.05, 0.1) is 7.11 Å². The Labute approximate surface area is 157 Å². The molecule has 1 heterocycles. The quantitative estimate of drug-likeness (QED) is 0.667. The molecule has 1 atom stereocenters. The van der Waals surface area contributed by atoms with Gasteiger partial charge in [0.25, 0.3) is 5.91 Å². The number of carbonyl (C=O) groups excluding carboxylic acids is 1. The van der Waals surface area contributed by atoms with Crippen molar-refractivity contribution in [1.82, 2.24) is 5.32 Å². The van der Waals surface area contributed by atoms with E-state index in [-0.39, 0.29) is 12.0 Å². The molecule has 4 nitrogen and oxygen atoms in total. The number of amides is 1. The lowest BCUT2D eigenvalue weighted by molar-refractivity contribution is 0.0819. The summed E-state index contributed by atoms with van der Waals surface area (Å²) in [5.74, 6) is 0.618. The number of methoxy groups -OCH3 is 2. The highest BCUT2D eigenvalue weighted by Gasteiger charge is 2.16. The van der Waals surface area contributed by atoms with Gasteiger partial charge in [-0.15, -0.1) is 0 Å². The van der Waals surface area contributed by atoms with Crippen molar-refractivity contribution in [1.29, 1.82) is 0 Å². The van der Waals surface area contributed by atoms with E-state index in [9.17, 15) is 4.79 Å². The highest BCUT2D eigenvalue weighted by Crippen LogP contribution is 2.26. The fraction of sp³-hybridized carbons (Fsp3) is 0.190. The van der Waals surface area contributed by atoms with Crippen LogP contribution in [0.4, 0.5) is 0 Å². The van der Waals surface area contributed by atoms with E-state index < -0.39 is 0 Å². The Kier molecular flexibility index (Phi) is 6.04. The topological polar surface area (TPSA) is 47.6 Å². The first kappa shape index (κ1) is 18.2. The minimum atomic E-state index is -0.278. The van der Waals surface area contributed by atoms with Gasteiger partial charge in [0.15, 0.2) is 0 Å². The molecule has 0 fully saturated rings. The summed E-state index contributed by atoms with van der Waals surface area (Å²) in [6.07, 6.45) is -0.278. The van der Waals surface area contributed by atoms with Crippen LogP contribution >= 0.6 is 11.3 Å². The molecule has 0 aliphatic heterocycles. The largest absolute Gasteiger partial charge is 0.496 e. The SMILES string of the molecule is COc1ccccc1C(CNC(=O)c1ccc(-c2ccsc2)cc1)OC. The first-order chi connectivity index (χ1) is 12.7. The summed E-state index contributed by atoms with van der Waals surface area (Å²) in [6, 6.07) is 17.3. The monoisotopic (exact) mass is 367 g/mol. The Morgan fingerprint density at radius 1 is 1.04 bits per heavy atom. The maximum atomic E-state index is 12.5. The smallest absolute Gasteiger partial charge is 0.251 e. The average molecular weight is 367 g/mol. The average Bonchev–Trinajstić information content (AvgIpc) is 3.23. The molecule has 3 aromatic rings. The molecule has 26 heavy (non-hydrogen) atoms. The predicted molar refractivity (Wildman–Crippen MR) is 105 cm³/mol. The molecule has 1 N–H and O–H groups in total. The van der Waals surface area contributed by atoms with Gasteiger partial charge in [-0.1, -0.05) is 30.3 Å². The molecular formula is C21H21NO3S. The Balaban J connectivity index is 1.65. The molecule has 0 saturated heterocycles. The lowest BCUT2D eigenvalue weighted by atomic mass is 10.1. The second-order valence-electron chi connectivity index (χ2n) is 5.77. The van der Waals surface area contributed by atoms with Crippen LogP contribution in [0.1, 0.15) is 22.0 Å². The fourth-order valence-electron chi connectivity index (χ4n) is 2.78. The van der Waals surface area contributed by atoms with Crippen LogP contribution in [0.5, 0.6) is 5.75 Å². The van der Waals surface area contributed by atoms with Crippen LogP contribution in [-0.4, -0.2) is 26.7 Å². The number of rotatable bonds is 7. The number of nitrogens with one attached hydrogen (secondary N) is 1. The van der Waals surface area contributed by atoms with Crippen molar-refractivity contribution >= 4 is 17.2 Å². The van der Waals surface area contributed by atoms with Crippen molar-refractivity contribution in [3.63, 3.8) is 0 Å².